The lowest BCUT2D eigenvalue weighted by molar-refractivity contribution is 0.103. The van der Waals surface area contributed by atoms with Crippen molar-refractivity contribution in [3.05, 3.63) is 58.5 Å². The Morgan fingerprint density at radius 3 is 2.47 bits per heavy atom. The van der Waals surface area contributed by atoms with Crippen LogP contribution in [0.2, 0.25) is 0 Å². The summed E-state index contributed by atoms with van der Waals surface area (Å²) in [6.07, 6.45) is 4.84. The van der Waals surface area contributed by atoms with Gasteiger partial charge in [-0.25, -0.2) is 0 Å². The normalized spacial score (nSPS) is 18.4. The summed E-state index contributed by atoms with van der Waals surface area (Å²) in [6.45, 7) is 10.3. The number of ketones is 1. The van der Waals surface area contributed by atoms with E-state index in [9.17, 15) is 4.79 Å². The van der Waals surface area contributed by atoms with Gasteiger partial charge in [0.25, 0.3) is 0 Å². The van der Waals surface area contributed by atoms with Gasteiger partial charge < -0.3 is 14.4 Å². The summed E-state index contributed by atoms with van der Waals surface area (Å²) < 4.78 is 12.5. The van der Waals surface area contributed by atoms with Crippen LogP contribution in [0.25, 0.3) is 10.1 Å². The number of carbonyl (C=O) groups excluding carboxylic acids is 1. The van der Waals surface area contributed by atoms with Gasteiger partial charge in [-0.2, -0.15) is 0 Å². The molecule has 1 aliphatic carbocycles. The van der Waals surface area contributed by atoms with Gasteiger partial charge in [-0.05, 0) is 80.2 Å². The fourth-order valence-corrected chi connectivity index (χ4v) is 6.47. The van der Waals surface area contributed by atoms with Crippen LogP contribution in [-0.2, 0) is 0 Å². The monoisotopic (exact) mass is 479 g/mol. The maximum Gasteiger partial charge on any atom is 0.194 e. The van der Waals surface area contributed by atoms with E-state index in [0.717, 1.165) is 65.2 Å². The maximum absolute atomic E-state index is 13.8. The van der Waals surface area contributed by atoms with Crippen LogP contribution >= 0.6 is 11.3 Å². The molecule has 182 valence electrons. The molecule has 34 heavy (non-hydrogen) atoms. The molecule has 4 rings (SSSR count). The number of methoxy groups -OCH3 is 1. The number of thiophene rings is 1. The van der Waals surface area contributed by atoms with Gasteiger partial charge in [0.1, 0.15) is 18.1 Å². The van der Waals surface area contributed by atoms with E-state index < -0.39 is 0 Å². The Labute approximate surface area is 207 Å². The zero-order valence-electron chi connectivity index (χ0n) is 20.9. The maximum atomic E-state index is 13.8. The molecule has 0 aliphatic heterocycles. The third kappa shape index (κ3) is 5.47. The fraction of sp³-hybridized carbons (Fsp3) is 0.483. The average molecular weight is 480 g/mol. The van der Waals surface area contributed by atoms with E-state index in [1.165, 1.54) is 17.7 Å². The van der Waals surface area contributed by atoms with Crippen molar-refractivity contribution in [2.45, 2.75) is 52.4 Å². The molecule has 1 heterocycles. The van der Waals surface area contributed by atoms with Crippen molar-refractivity contribution in [1.29, 1.82) is 0 Å². The molecular weight excluding hydrogens is 442 g/mol. The summed E-state index contributed by atoms with van der Waals surface area (Å²) in [6, 6.07) is 13.8. The number of carbonyl (C=O) groups is 1. The Morgan fingerprint density at radius 1 is 1.06 bits per heavy atom. The third-order valence-corrected chi connectivity index (χ3v) is 8.46. The highest BCUT2D eigenvalue weighted by molar-refractivity contribution is 7.19. The van der Waals surface area contributed by atoms with Crippen LogP contribution in [0.3, 0.4) is 0 Å². The molecule has 0 radical (unpaired) electrons. The highest BCUT2D eigenvalue weighted by atomic mass is 32.1. The Kier molecular flexibility index (Phi) is 8.28. The first-order valence-corrected chi connectivity index (χ1v) is 13.5. The van der Waals surface area contributed by atoms with Gasteiger partial charge in [-0.3, -0.25) is 4.79 Å². The Bertz CT molecular complexity index is 1100. The summed E-state index contributed by atoms with van der Waals surface area (Å²) in [4.78, 5) is 17.4. The van der Waals surface area contributed by atoms with Gasteiger partial charge >= 0.3 is 0 Å². The van der Waals surface area contributed by atoms with Crippen LogP contribution in [0.1, 0.15) is 73.2 Å². The molecule has 1 saturated carbocycles. The zero-order valence-corrected chi connectivity index (χ0v) is 21.7. The number of rotatable bonds is 10. The molecule has 3 aromatic rings. The molecule has 1 fully saturated rings. The van der Waals surface area contributed by atoms with Gasteiger partial charge in [0.2, 0.25) is 0 Å². The first kappa shape index (κ1) is 24.7. The summed E-state index contributed by atoms with van der Waals surface area (Å²) in [5, 5.41) is 1.04. The highest BCUT2D eigenvalue weighted by Gasteiger charge is 2.29. The molecule has 2 unspecified atom stereocenters. The molecule has 2 atom stereocenters. The van der Waals surface area contributed by atoms with E-state index in [1.807, 2.05) is 30.3 Å². The predicted octanol–water partition coefficient (Wildman–Crippen LogP) is 7.16. The minimum absolute atomic E-state index is 0.110. The standard InChI is InChI=1S/C29H37NO3S/c1-5-30(6-2)16-17-33-23-12-10-21(11-13-23)28(31)27-25-15-14-24(32-4)19-26(25)34-29(27)22-9-7-8-20(3)18-22/h10-15,19-20,22H,5-9,16-18H2,1-4H3. The van der Waals surface area contributed by atoms with E-state index in [1.54, 1.807) is 18.4 Å². The van der Waals surface area contributed by atoms with E-state index in [2.05, 4.69) is 37.8 Å². The van der Waals surface area contributed by atoms with Crippen molar-refractivity contribution in [2.24, 2.45) is 5.92 Å². The van der Waals surface area contributed by atoms with Gasteiger partial charge in [-0.15, -0.1) is 11.3 Å². The van der Waals surface area contributed by atoms with Gasteiger partial charge in [0.15, 0.2) is 5.78 Å². The molecule has 1 aromatic heterocycles. The van der Waals surface area contributed by atoms with Crippen molar-refractivity contribution in [2.75, 3.05) is 33.4 Å². The van der Waals surface area contributed by atoms with E-state index in [-0.39, 0.29) is 5.78 Å². The molecule has 0 N–H and O–H groups in total. The van der Waals surface area contributed by atoms with Gasteiger partial charge in [0, 0.05) is 32.6 Å². The summed E-state index contributed by atoms with van der Waals surface area (Å²) in [5.41, 5.74) is 1.61. The van der Waals surface area contributed by atoms with Crippen molar-refractivity contribution >= 4 is 27.2 Å². The number of benzene rings is 2. The second kappa shape index (κ2) is 11.4. The predicted molar refractivity (Wildman–Crippen MR) is 142 cm³/mol. The number of nitrogens with zero attached hydrogens (tertiary/aromatic N) is 1. The summed E-state index contributed by atoms with van der Waals surface area (Å²) >= 11 is 1.78. The average Bonchev–Trinajstić information content (AvgIpc) is 3.25. The number of ether oxygens (including phenoxy) is 2. The minimum Gasteiger partial charge on any atom is -0.497 e. The van der Waals surface area contributed by atoms with E-state index >= 15 is 0 Å². The van der Waals surface area contributed by atoms with Crippen LogP contribution in [-0.4, -0.2) is 44.0 Å². The molecule has 1 aliphatic rings. The molecule has 4 nitrogen and oxygen atoms in total. The van der Waals surface area contributed by atoms with Crippen LogP contribution in [0.5, 0.6) is 11.5 Å². The molecule has 2 aromatic carbocycles. The topological polar surface area (TPSA) is 38.8 Å². The SMILES string of the molecule is CCN(CC)CCOc1ccc(C(=O)c2c(C3CCCC(C)C3)sc3cc(OC)ccc23)cc1. The number of fused-ring (bicyclic) bond motifs is 1. The zero-order chi connectivity index (χ0) is 24.1. The highest BCUT2D eigenvalue weighted by Crippen LogP contribution is 2.45. The fourth-order valence-electron chi connectivity index (χ4n) is 5.10. The molecular formula is C29H37NO3S. The van der Waals surface area contributed by atoms with Crippen LogP contribution < -0.4 is 9.47 Å². The van der Waals surface area contributed by atoms with Crippen molar-refractivity contribution in [1.82, 2.24) is 4.90 Å². The van der Waals surface area contributed by atoms with Gasteiger partial charge in [0.05, 0.1) is 7.11 Å². The van der Waals surface area contributed by atoms with E-state index in [0.29, 0.717) is 18.4 Å². The van der Waals surface area contributed by atoms with Crippen molar-refractivity contribution in [3.63, 3.8) is 0 Å². The lowest BCUT2D eigenvalue weighted by atomic mass is 9.80. The Morgan fingerprint density at radius 2 is 1.79 bits per heavy atom. The van der Waals surface area contributed by atoms with Crippen LogP contribution in [0.15, 0.2) is 42.5 Å². The minimum atomic E-state index is 0.110. The molecule has 0 saturated heterocycles. The van der Waals surface area contributed by atoms with Crippen LogP contribution in [0.4, 0.5) is 0 Å². The van der Waals surface area contributed by atoms with Crippen LogP contribution in [0, 0.1) is 5.92 Å². The molecule has 0 bridgehead atoms. The molecule has 0 spiro atoms. The molecule has 5 heteroatoms. The van der Waals surface area contributed by atoms with Crippen molar-refractivity contribution < 1.29 is 14.3 Å². The smallest absolute Gasteiger partial charge is 0.194 e. The Hall–Kier alpha value is -2.37. The number of likely N-dealkylation sites (N-methyl/N-ethyl adjacent to an activating group) is 1. The first-order valence-electron chi connectivity index (χ1n) is 12.6. The summed E-state index contributed by atoms with van der Waals surface area (Å²) in [7, 11) is 1.69. The van der Waals surface area contributed by atoms with E-state index in [4.69, 9.17) is 9.47 Å². The summed E-state index contributed by atoms with van der Waals surface area (Å²) in [5.74, 6) is 2.91. The lowest BCUT2D eigenvalue weighted by Gasteiger charge is -2.26. The second-order valence-corrected chi connectivity index (χ2v) is 10.5. The Balaban J connectivity index is 1.60. The first-order chi connectivity index (χ1) is 16.5. The number of hydrogen-bond acceptors (Lipinski definition) is 5. The second-order valence-electron chi connectivity index (χ2n) is 9.40. The lowest BCUT2D eigenvalue weighted by Crippen LogP contribution is -2.27. The largest absolute Gasteiger partial charge is 0.497 e. The third-order valence-electron chi connectivity index (χ3n) is 7.15. The quantitative estimate of drug-likeness (QED) is 0.289. The van der Waals surface area contributed by atoms with Gasteiger partial charge in [-0.1, -0.05) is 33.6 Å². The molecule has 0 amide bonds. The van der Waals surface area contributed by atoms with Crippen molar-refractivity contribution in [3.8, 4) is 11.5 Å². The number of hydrogen-bond donors (Lipinski definition) is 0.